The number of rotatable bonds is 4. The van der Waals surface area contributed by atoms with Gasteiger partial charge in [0, 0.05) is 42.3 Å². The predicted molar refractivity (Wildman–Crippen MR) is 92.2 cm³/mol. The molecule has 1 unspecified atom stereocenters. The van der Waals surface area contributed by atoms with Crippen LogP contribution in [0, 0.1) is 0 Å². The van der Waals surface area contributed by atoms with Crippen LogP contribution in [0.2, 0.25) is 0 Å². The van der Waals surface area contributed by atoms with E-state index in [1.165, 1.54) is 29.4 Å². The van der Waals surface area contributed by atoms with Gasteiger partial charge in [-0.05, 0) is 47.2 Å². The van der Waals surface area contributed by atoms with E-state index >= 15 is 0 Å². The first-order chi connectivity index (χ1) is 9.89. The molecule has 4 nitrogen and oxygen atoms in total. The lowest BCUT2D eigenvalue weighted by Gasteiger charge is -2.29. The highest BCUT2D eigenvalue weighted by molar-refractivity contribution is 7.15. The summed E-state index contributed by atoms with van der Waals surface area (Å²) in [5.74, 6) is 0. The summed E-state index contributed by atoms with van der Waals surface area (Å²) < 4.78 is 0. The second kappa shape index (κ2) is 7.07. The Hall–Kier alpha value is -0.650. The summed E-state index contributed by atoms with van der Waals surface area (Å²) in [5, 5.41) is 4.74. The van der Waals surface area contributed by atoms with Gasteiger partial charge in [-0.25, -0.2) is 4.98 Å². The van der Waals surface area contributed by atoms with Gasteiger partial charge in [0.05, 0.1) is 0 Å². The molecule has 5 heteroatoms. The molecule has 1 N–H and O–H groups in total. The van der Waals surface area contributed by atoms with E-state index in [9.17, 15) is 0 Å². The number of thiazole rings is 1. The third kappa shape index (κ3) is 4.94. The monoisotopic (exact) mass is 310 g/mol. The van der Waals surface area contributed by atoms with Crippen molar-refractivity contribution in [3.63, 3.8) is 0 Å². The van der Waals surface area contributed by atoms with Crippen LogP contribution in [0.3, 0.4) is 0 Å². The van der Waals surface area contributed by atoms with Crippen LogP contribution in [0.15, 0.2) is 6.20 Å². The molecule has 21 heavy (non-hydrogen) atoms. The molecule has 0 spiro atoms. The van der Waals surface area contributed by atoms with E-state index in [-0.39, 0.29) is 5.54 Å². The molecule has 2 heterocycles. The molecule has 0 saturated carbocycles. The van der Waals surface area contributed by atoms with Crippen LogP contribution in [-0.2, 0) is 6.54 Å². The molecular formula is C16H30N4S. The number of anilines is 1. The van der Waals surface area contributed by atoms with Gasteiger partial charge in [0.2, 0.25) is 0 Å². The highest BCUT2D eigenvalue weighted by atomic mass is 32.1. The molecule has 0 aromatic carbocycles. The first kappa shape index (κ1) is 16.7. The van der Waals surface area contributed by atoms with Crippen molar-refractivity contribution in [2.24, 2.45) is 0 Å². The average Bonchev–Trinajstić information content (AvgIpc) is 2.79. The van der Waals surface area contributed by atoms with Gasteiger partial charge in [0.1, 0.15) is 0 Å². The number of nitrogens with one attached hydrogen (secondary N) is 1. The topological polar surface area (TPSA) is 31.4 Å². The third-order valence-corrected chi connectivity index (χ3v) is 4.99. The maximum absolute atomic E-state index is 4.69. The number of aromatic nitrogens is 1. The van der Waals surface area contributed by atoms with E-state index in [1.807, 2.05) is 17.5 Å². The van der Waals surface area contributed by atoms with Gasteiger partial charge in [0.15, 0.2) is 5.13 Å². The van der Waals surface area contributed by atoms with Gasteiger partial charge in [-0.15, -0.1) is 11.3 Å². The number of nitrogens with zero attached hydrogens (tertiary/aromatic N) is 3. The van der Waals surface area contributed by atoms with Crippen LogP contribution < -0.4 is 10.2 Å². The van der Waals surface area contributed by atoms with Crippen LogP contribution in [-0.4, -0.2) is 48.1 Å². The standard InChI is InChI=1S/C16H30N4S/c1-6-13-12-19(5)8-7-9-20(13)15-17-10-14(21-15)11-18-16(2,3)4/h10,13,18H,6-9,11-12H2,1-5H3. The van der Waals surface area contributed by atoms with Crippen LogP contribution >= 0.6 is 11.3 Å². The molecule has 1 aliphatic heterocycles. The Labute approximate surface area is 133 Å². The van der Waals surface area contributed by atoms with Gasteiger partial charge in [-0.2, -0.15) is 0 Å². The van der Waals surface area contributed by atoms with E-state index in [4.69, 9.17) is 4.98 Å². The summed E-state index contributed by atoms with van der Waals surface area (Å²) in [6, 6.07) is 0.590. The van der Waals surface area contributed by atoms with Gasteiger partial charge >= 0.3 is 0 Å². The van der Waals surface area contributed by atoms with Crippen molar-refractivity contribution in [3.05, 3.63) is 11.1 Å². The first-order valence-corrected chi connectivity index (χ1v) is 8.85. The van der Waals surface area contributed by atoms with Gasteiger partial charge in [0.25, 0.3) is 0 Å². The van der Waals surface area contributed by atoms with Crippen molar-refractivity contribution in [2.45, 2.75) is 58.7 Å². The molecule has 1 fully saturated rings. The Balaban J connectivity index is 2.04. The van der Waals surface area contributed by atoms with Crippen molar-refractivity contribution in [1.29, 1.82) is 0 Å². The van der Waals surface area contributed by atoms with E-state index < -0.39 is 0 Å². The number of likely N-dealkylation sites (N-methyl/N-ethyl adjacent to an activating group) is 1. The largest absolute Gasteiger partial charge is 0.344 e. The summed E-state index contributed by atoms with van der Waals surface area (Å²) in [5.41, 5.74) is 0.154. The molecule has 120 valence electrons. The Morgan fingerprint density at radius 1 is 1.38 bits per heavy atom. The lowest BCUT2D eigenvalue weighted by molar-refractivity contribution is 0.328. The Kier molecular flexibility index (Phi) is 5.63. The Morgan fingerprint density at radius 2 is 2.14 bits per heavy atom. The highest BCUT2D eigenvalue weighted by Crippen LogP contribution is 2.27. The Morgan fingerprint density at radius 3 is 2.81 bits per heavy atom. The van der Waals surface area contributed by atoms with E-state index in [0.717, 1.165) is 19.6 Å². The smallest absolute Gasteiger partial charge is 0.185 e. The minimum absolute atomic E-state index is 0.154. The first-order valence-electron chi connectivity index (χ1n) is 8.04. The van der Waals surface area contributed by atoms with Gasteiger partial charge < -0.3 is 15.1 Å². The third-order valence-electron chi connectivity index (χ3n) is 3.95. The SMILES string of the molecule is CCC1CN(C)CCCN1c1ncc(CNC(C)(C)C)s1. The summed E-state index contributed by atoms with van der Waals surface area (Å²) in [6.07, 6.45) is 4.45. The zero-order valence-corrected chi connectivity index (χ0v) is 15.0. The van der Waals surface area contributed by atoms with Crippen LogP contribution in [0.4, 0.5) is 5.13 Å². The van der Waals surface area contributed by atoms with Crippen LogP contribution in [0.1, 0.15) is 45.4 Å². The summed E-state index contributed by atoms with van der Waals surface area (Å²) in [6.45, 7) is 13.3. The second-order valence-electron chi connectivity index (χ2n) is 7.08. The summed E-state index contributed by atoms with van der Waals surface area (Å²) in [4.78, 5) is 11.0. The predicted octanol–water partition coefficient (Wildman–Crippen LogP) is 2.95. The van der Waals surface area contributed by atoms with Crippen molar-refractivity contribution < 1.29 is 0 Å². The minimum Gasteiger partial charge on any atom is -0.344 e. The van der Waals surface area contributed by atoms with Gasteiger partial charge in [-0.3, -0.25) is 0 Å². The molecule has 1 aromatic heterocycles. The molecule has 0 radical (unpaired) electrons. The lowest BCUT2D eigenvalue weighted by Crippen LogP contribution is -2.39. The highest BCUT2D eigenvalue weighted by Gasteiger charge is 2.24. The summed E-state index contributed by atoms with van der Waals surface area (Å²) in [7, 11) is 2.23. The molecule has 1 atom stereocenters. The van der Waals surface area contributed by atoms with Crippen LogP contribution in [0.25, 0.3) is 0 Å². The van der Waals surface area contributed by atoms with Crippen molar-refractivity contribution in [1.82, 2.24) is 15.2 Å². The van der Waals surface area contributed by atoms with Crippen molar-refractivity contribution in [3.8, 4) is 0 Å². The molecule has 0 aliphatic carbocycles. The fourth-order valence-electron chi connectivity index (χ4n) is 2.71. The van der Waals surface area contributed by atoms with Crippen LogP contribution in [0.5, 0.6) is 0 Å². The molecule has 1 aliphatic rings. The van der Waals surface area contributed by atoms with E-state index in [0.29, 0.717) is 6.04 Å². The fraction of sp³-hybridized carbons (Fsp3) is 0.812. The van der Waals surface area contributed by atoms with Crippen molar-refractivity contribution >= 4 is 16.5 Å². The molecule has 1 saturated heterocycles. The normalized spacial score (nSPS) is 21.6. The lowest BCUT2D eigenvalue weighted by atomic mass is 10.1. The zero-order chi connectivity index (χ0) is 15.5. The fourth-order valence-corrected chi connectivity index (χ4v) is 3.66. The second-order valence-corrected chi connectivity index (χ2v) is 8.18. The van der Waals surface area contributed by atoms with Crippen molar-refractivity contribution in [2.75, 3.05) is 31.6 Å². The quantitative estimate of drug-likeness (QED) is 0.926. The minimum atomic E-state index is 0.154. The molecular weight excluding hydrogens is 280 g/mol. The molecule has 0 amide bonds. The molecule has 0 bridgehead atoms. The van der Waals surface area contributed by atoms with Gasteiger partial charge in [-0.1, -0.05) is 6.92 Å². The molecule has 2 rings (SSSR count). The Bertz CT molecular complexity index is 438. The summed E-state index contributed by atoms with van der Waals surface area (Å²) >= 11 is 1.84. The average molecular weight is 311 g/mol. The number of hydrogen-bond acceptors (Lipinski definition) is 5. The zero-order valence-electron chi connectivity index (χ0n) is 14.1. The maximum Gasteiger partial charge on any atom is 0.185 e. The molecule has 1 aromatic rings. The maximum atomic E-state index is 4.69. The number of hydrogen-bond donors (Lipinski definition) is 1. The van der Waals surface area contributed by atoms with E-state index in [2.05, 4.69) is 49.9 Å². The van der Waals surface area contributed by atoms with E-state index in [1.54, 1.807) is 0 Å².